The third-order valence-electron chi connectivity index (χ3n) is 15.7. The molecule has 4 bridgehead atoms. The summed E-state index contributed by atoms with van der Waals surface area (Å²) >= 11 is 0. The molecular formula is C60H104N6O20. The van der Waals surface area contributed by atoms with Crippen molar-refractivity contribution in [3.8, 4) is 0 Å². The maximum atomic E-state index is 13.1. The van der Waals surface area contributed by atoms with Gasteiger partial charge in [0, 0.05) is 110 Å². The Kier molecular flexibility index (Phi) is 34.2. The van der Waals surface area contributed by atoms with Crippen LogP contribution in [0, 0.1) is 11.3 Å². The monoisotopic (exact) mass is 1230 g/mol. The van der Waals surface area contributed by atoms with Crippen molar-refractivity contribution in [3.63, 3.8) is 0 Å². The van der Waals surface area contributed by atoms with Crippen molar-refractivity contribution in [1.29, 1.82) is 0 Å². The molecule has 4 heterocycles. The van der Waals surface area contributed by atoms with Crippen LogP contribution in [0.25, 0.3) is 0 Å². The number of carbonyl (C=O) groups is 8. The minimum absolute atomic E-state index is 0.00542. The second-order valence-electron chi connectivity index (χ2n) is 24.4. The number of carbonyl (C=O) groups excluding carboxylic acids is 8. The number of aliphatic hydroxyl groups excluding tert-OH is 4. The van der Waals surface area contributed by atoms with Crippen molar-refractivity contribution in [1.82, 2.24) is 31.9 Å². The molecular weight excluding hydrogens is 1120 g/mol. The Morgan fingerprint density at radius 1 is 0.477 bits per heavy atom. The van der Waals surface area contributed by atoms with Crippen molar-refractivity contribution in [2.45, 2.75) is 230 Å². The summed E-state index contributed by atoms with van der Waals surface area (Å²) in [5.41, 5.74) is -2.79. The number of rotatable bonds is 47. The fourth-order valence-corrected chi connectivity index (χ4v) is 10.5. The molecule has 6 amide bonds. The van der Waals surface area contributed by atoms with Crippen LogP contribution < -0.4 is 31.9 Å². The quantitative estimate of drug-likeness (QED) is 0.0383. The summed E-state index contributed by atoms with van der Waals surface area (Å²) in [5.74, 6) is -1.36. The molecule has 4 aliphatic heterocycles. The van der Waals surface area contributed by atoms with E-state index in [0.717, 1.165) is 51.4 Å². The molecule has 0 unspecified atom stereocenters. The summed E-state index contributed by atoms with van der Waals surface area (Å²) in [4.78, 5) is 98.2. The molecule has 0 aromatic carbocycles. The average Bonchev–Trinajstić information content (AvgIpc) is 1.67. The van der Waals surface area contributed by atoms with Crippen LogP contribution in [0.4, 0.5) is 0 Å². The SMILES string of the molecule is CC(=O)N[C@H]1[C@H]2OC[C@](COCCCCC(=O)NCCCNC(=O)CCOCC(COCCC(=O)NCCCNC(=O)CCCCOC[C@@]34CO[C@@H](O3)[C@H](NC(C)=O)[C@@H](O)[C@H]4O)CC(=O)CCCCCCCCCCC(=O)C(C)(C)C)(O2)[C@H](O)[C@@H]1O. The van der Waals surface area contributed by atoms with Crippen molar-refractivity contribution < 1.29 is 96.7 Å². The molecule has 4 rings (SSSR count). The van der Waals surface area contributed by atoms with Crippen LogP contribution in [-0.4, -0.2) is 220 Å². The Hall–Kier alpha value is -4.32. The zero-order valence-corrected chi connectivity index (χ0v) is 51.8. The van der Waals surface area contributed by atoms with Crippen LogP contribution in [0.5, 0.6) is 0 Å². The lowest BCUT2D eigenvalue weighted by atomic mass is 9.88. The summed E-state index contributed by atoms with van der Waals surface area (Å²) in [6, 6.07) is -1.80. The Bertz CT molecular complexity index is 1970. The molecule has 10 atom stereocenters. The Morgan fingerprint density at radius 2 is 0.849 bits per heavy atom. The smallest absolute Gasteiger partial charge is 0.222 e. The first-order valence-electron chi connectivity index (χ1n) is 31.3. The van der Waals surface area contributed by atoms with Gasteiger partial charge in [0.2, 0.25) is 35.4 Å². The fraction of sp³-hybridized carbons (Fsp3) is 0.867. The Balaban J connectivity index is 1.03. The van der Waals surface area contributed by atoms with Gasteiger partial charge in [0.05, 0.1) is 52.9 Å². The van der Waals surface area contributed by atoms with Gasteiger partial charge < -0.3 is 90.2 Å². The van der Waals surface area contributed by atoms with Gasteiger partial charge in [0.25, 0.3) is 0 Å². The lowest BCUT2D eigenvalue weighted by Crippen LogP contribution is -2.66. The number of Topliss-reactive ketones (excluding diaryl/α,β-unsaturated/α-hetero) is 2. The van der Waals surface area contributed by atoms with Crippen molar-refractivity contribution in [3.05, 3.63) is 0 Å². The second-order valence-corrected chi connectivity index (χ2v) is 24.4. The van der Waals surface area contributed by atoms with Crippen LogP contribution in [0.15, 0.2) is 0 Å². The molecule has 10 N–H and O–H groups in total. The first kappa shape index (κ1) is 74.1. The van der Waals surface area contributed by atoms with E-state index in [1.54, 1.807) is 0 Å². The number of amides is 6. The third kappa shape index (κ3) is 27.2. The topological polar surface area (TPSA) is 364 Å². The molecule has 0 aromatic heterocycles. The zero-order valence-electron chi connectivity index (χ0n) is 51.8. The van der Waals surface area contributed by atoms with E-state index in [-0.39, 0.29) is 138 Å². The number of ketones is 2. The molecule has 86 heavy (non-hydrogen) atoms. The fourth-order valence-electron chi connectivity index (χ4n) is 10.5. The normalized spacial score (nSPS) is 25.3. The van der Waals surface area contributed by atoms with Gasteiger partial charge in [-0.15, -0.1) is 0 Å². The highest BCUT2D eigenvalue weighted by molar-refractivity contribution is 5.83. The predicted octanol–water partition coefficient (Wildman–Crippen LogP) is 1.21. The molecule has 0 aromatic rings. The van der Waals surface area contributed by atoms with E-state index >= 15 is 0 Å². The molecule has 4 saturated heterocycles. The maximum absolute atomic E-state index is 13.1. The van der Waals surface area contributed by atoms with Gasteiger partial charge in [-0.05, 0) is 51.4 Å². The maximum Gasteiger partial charge on any atom is 0.222 e. The van der Waals surface area contributed by atoms with E-state index in [1.807, 2.05) is 20.8 Å². The molecule has 0 spiro atoms. The van der Waals surface area contributed by atoms with Crippen LogP contribution >= 0.6 is 0 Å². The second kappa shape index (κ2) is 39.6. The van der Waals surface area contributed by atoms with E-state index in [1.165, 1.54) is 13.8 Å². The van der Waals surface area contributed by atoms with Crippen molar-refractivity contribution in [2.24, 2.45) is 11.3 Å². The van der Waals surface area contributed by atoms with Crippen LogP contribution in [0.1, 0.15) is 169 Å². The lowest BCUT2D eigenvalue weighted by molar-refractivity contribution is -0.237. The summed E-state index contributed by atoms with van der Waals surface area (Å²) < 4.78 is 46.0. The largest absolute Gasteiger partial charge is 0.388 e. The summed E-state index contributed by atoms with van der Waals surface area (Å²) in [6.45, 7) is 11.1. The number of nitrogens with one attached hydrogen (secondary N) is 6. The van der Waals surface area contributed by atoms with E-state index in [9.17, 15) is 58.8 Å². The lowest BCUT2D eigenvalue weighted by Gasteiger charge is -2.42. The number of hydrogen-bond acceptors (Lipinski definition) is 20. The zero-order chi connectivity index (χ0) is 63.0. The van der Waals surface area contributed by atoms with Crippen molar-refractivity contribution in [2.75, 3.05) is 92.2 Å². The number of hydrogen-bond donors (Lipinski definition) is 10. The minimum Gasteiger partial charge on any atom is -0.388 e. The van der Waals surface area contributed by atoms with Gasteiger partial charge in [-0.25, -0.2) is 0 Å². The molecule has 26 nitrogen and oxygen atoms in total. The van der Waals surface area contributed by atoms with Gasteiger partial charge in [-0.2, -0.15) is 0 Å². The average molecular weight is 1230 g/mol. The molecule has 494 valence electrons. The highest BCUT2D eigenvalue weighted by Crippen LogP contribution is 2.39. The predicted molar refractivity (Wildman–Crippen MR) is 312 cm³/mol. The molecule has 0 saturated carbocycles. The molecule has 0 radical (unpaired) electrons. The Labute approximate surface area is 507 Å². The number of ether oxygens (including phenoxy) is 8. The van der Waals surface area contributed by atoms with Gasteiger partial charge in [-0.3, -0.25) is 38.4 Å². The first-order chi connectivity index (χ1) is 41.1. The number of aliphatic hydroxyl groups is 4. The molecule has 4 aliphatic rings. The molecule has 4 fully saturated rings. The summed E-state index contributed by atoms with van der Waals surface area (Å²) in [5, 5.41) is 58.9. The first-order valence-corrected chi connectivity index (χ1v) is 31.3. The number of unbranched alkanes of at least 4 members (excludes halogenated alkanes) is 9. The molecule has 0 aliphatic carbocycles. The molecule has 26 heteroatoms. The van der Waals surface area contributed by atoms with E-state index < -0.39 is 60.3 Å². The third-order valence-corrected chi connectivity index (χ3v) is 15.7. The van der Waals surface area contributed by atoms with E-state index in [2.05, 4.69) is 31.9 Å². The summed E-state index contributed by atoms with van der Waals surface area (Å²) in [7, 11) is 0. The number of fused-ring (bicyclic) bond motifs is 4. The van der Waals surface area contributed by atoms with Gasteiger partial charge in [0.1, 0.15) is 59.3 Å². The highest BCUT2D eigenvalue weighted by Gasteiger charge is 2.61. The standard InChI is InChI=1S/C60H104N6O20/c1-41(67)65-50-52(75)54(77)59(39-83-56(50)85-59)37-81-30-16-14-22-46(71)61-26-18-28-63-48(73)24-32-79-35-43(34-44(69)20-12-10-8-6-7-9-11-13-21-45(70)58(3,4)5)36-80-33-25-49(74)64-29-19-27-62-47(72)23-15-17-31-82-38-60-40-84-57(86-60)51(66-42(2)68)53(76)55(60)78/h43,50-57,75-78H,6-40H2,1-5H3,(H,61,71)(H,62,72)(H,63,73)(H,64,74)(H,65,67)(H,66,68)/t50-,51-,52-,53-,54-,55-,56+,57+,59+,60+/m1/s1. The van der Waals surface area contributed by atoms with Gasteiger partial charge in [-0.1, -0.05) is 59.3 Å². The highest BCUT2D eigenvalue weighted by atomic mass is 16.8. The minimum atomic E-state index is -1.33. The van der Waals surface area contributed by atoms with E-state index in [4.69, 9.17) is 37.9 Å². The summed E-state index contributed by atoms with van der Waals surface area (Å²) in [6.07, 6.45) is 6.30. The van der Waals surface area contributed by atoms with Crippen molar-refractivity contribution >= 4 is 47.0 Å². The van der Waals surface area contributed by atoms with Gasteiger partial charge >= 0.3 is 0 Å². The van der Waals surface area contributed by atoms with Gasteiger partial charge in [0.15, 0.2) is 12.6 Å². The van der Waals surface area contributed by atoms with Crippen LogP contribution in [-0.2, 0) is 76.3 Å². The van der Waals surface area contributed by atoms with Crippen LogP contribution in [0.3, 0.4) is 0 Å². The Morgan fingerprint density at radius 3 is 1.24 bits per heavy atom. The van der Waals surface area contributed by atoms with Crippen LogP contribution in [0.2, 0.25) is 0 Å². The van der Waals surface area contributed by atoms with E-state index in [0.29, 0.717) is 96.5 Å².